The van der Waals surface area contributed by atoms with Gasteiger partial charge in [-0.25, -0.2) is 13.1 Å². The third-order valence-electron chi connectivity index (χ3n) is 4.71. The fourth-order valence-electron chi connectivity index (χ4n) is 2.81. The molecule has 2 saturated carbocycles. The van der Waals surface area contributed by atoms with Gasteiger partial charge in [0.25, 0.3) is 11.8 Å². The predicted molar refractivity (Wildman–Crippen MR) is 110 cm³/mol. The van der Waals surface area contributed by atoms with Crippen LogP contribution in [0.5, 0.6) is 0 Å². The molecular weight excluding hydrogens is 414 g/mol. The molecule has 4 rings (SSSR count). The van der Waals surface area contributed by atoms with Crippen LogP contribution in [0.25, 0.3) is 0 Å². The van der Waals surface area contributed by atoms with Gasteiger partial charge in [0.1, 0.15) is 4.90 Å². The van der Waals surface area contributed by atoms with Gasteiger partial charge < -0.3 is 10.6 Å². The van der Waals surface area contributed by atoms with E-state index >= 15 is 0 Å². The van der Waals surface area contributed by atoms with Crippen molar-refractivity contribution in [3.8, 4) is 0 Å². The van der Waals surface area contributed by atoms with Crippen molar-refractivity contribution in [3.05, 3.63) is 58.6 Å². The van der Waals surface area contributed by atoms with Crippen LogP contribution in [-0.4, -0.2) is 32.3 Å². The molecule has 2 aromatic rings. The summed E-state index contributed by atoms with van der Waals surface area (Å²) < 4.78 is 27.6. The van der Waals surface area contributed by atoms with E-state index in [1.807, 2.05) is 0 Å². The molecule has 7 nitrogen and oxygen atoms in total. The molecule has 2 amide bonds. The maximum Gasteiger partial charge on any atom is 0.255 e. The third-order valence-corrected chi connectivity index (χ3v) is 6.72. The lowest BCUT2D eigenvalue weighted by Crippen LogP contribution is -2.27. The Kier molecular flexibility index (Phi) is 5.33. The minimum atomic E-state index is -3.81. The normalized spacial score (nSPS) is 16.3. The number of sulfonamides is 1. The van der Waals surface area contributed by atoms with Gasteiger partial charge in [0.15, 0.2) is 0 Å². The average Bonchev–Trinajstić information content (AvgIpc) is 3.59. The number of rotatable bonds is 7. The molecular formula is C20H20ClN3O4S. The Hall–Kier alpha value is -2.42. The van der Waals surface area contributed by atoms with Gasteiger partial charge in [-0.3, -0.25) is 9.59 Å². The Balaban J connectivity index is 1.56. The molecule has 0 saturated heterocycles. The van der Waals surface area contributed by atoms with Crippen LogP contribution in [0.2, 0.25) is 5.02 Å². The molecule has 29 heavy (non-hydrogen) atoms. The van der Waals surface area contributed by atoms with Gasteiger partial charge in [-0.1, -0.05) is 23.7 Å². The van der Waals surface area contributed by atoms with Gasteiger partial charge >= 0.3 is 0 Å². The second-order valence-corrected chi connectivity index (χ2v) is 9.38. The third kappa shape index (κ3) is 4.77. The van der Waals surface area contributed by atoms with Crippen molar-refractivity contribution >= 4 is 39.1 Å². The summed E-state index contributed by atoms with van der Waals surface area (Å²) in [7, 11) is -3.81. The van der Waals surface area contributed by atoms with Gasteiger partial charge in [0.05, 0.1) is 16.3 Å². The zero-order chi connectivity index (χ0) is 20.6. The highest BCUT2D eigenvalue weighted by Crippen LogP contribution is 2.27. The molecule has 2 aliphatic carbocycles. The monoisotopic (exact) mass is 433 g/mol. The average molecular weight is 434 g/mol. The van der Waals surface area contributed by atoms with Crippen molar-refractivity contribution in [2.45, 2.75) is 42.7 Å². The van der Waals surface area contributed by atoms with E-state index in [1.54, 1.807) is 24.3 Å². The van der Waals surface area contributed by atoms with E-state index in [4.69, 9.17) is 11.6 Å². The first-order valence-corrected chi connectivity index (χ1v) is 11.2. The number of benzene rings is 2. The van der Waals surface area contributed by atoms with E-state index < -0.39 is 15.9 Å². The summed E-state index contributed by atoms with van der Waals surface area (Å²) >= 11 is 6.07. The lowest BCUT2D eigenvalue weighted by Gasteiger charge is -2.12. The molecule has 9 heteroatoms. The van der Waals surface area contributed by atoms with Crippen LogP contribution >= 0.6 is 11.6 Å². The van der Waals surface area contributed by atoms with Crippen molar-refractivity contribution in [3.63, 3.8) is 0 Å². The summed E-state index contributed by atoms with van der Waals surface area (Å²) in [5, 5.41) is 5.62. The highest BCUT2D eigenvalue weighted by atomic mass is 35.5. The minimum absolute atomic E-state index is 0.0407. The molecule has 0 spiro atoms. The van der Waals surface area contributed by atoms with Crippen LogP contribution in [0.15, 0.2) is 47.4 Å². The smallest absolute Gasteiger partial charge is 0.255 e. The number of hydrogen-bond acceptors (Lipinski definition) is 4. The summed E-state index contributed by atoms with van der Waals surface area (Å²) in [4.78, 5) is 25.0. The number of anilines is 1. The molecule has 2 fully saturated rings. The summed E-state index contributed by atoms with van der Waals surface area (Å²) in [6.45, 7) is 0. The molecule has 0 atom stereocenters. The number of nitrogens with one attached hydrogen (secondary N) is 3. The number of para-hydroxylation sites is 1. The molecule has 152 valence electrons. The summed E-state index contributed by atoms with van der Waals surface area (Å²) in [6.07, 6.45) is 3.49. The van der Waals surface area contributed by atoms with E-state index in [0.717, 1.165) is 25.7 Å². The van der Waals surface area contributed by atoms with E-state index in [2.05, 4.69) is 15.4 Å². The lowest BCUT2D eigenvalue weighted by molar-refractivity contribution is 0.0952. The Morgan fingerprint density at radius 2 is 1.62 bits per heavy atom. The van der Waals surface area contributed by atoms with Crippen LogP contribution in [0.1, 0.15) is 46.4 Å². The van der Waals surface area contributed by atoms with Crippen molar-refractivity contribution < 1.29 is 18.0 Å². The maximum absolute atomic E-state index is 12.7. The molecule has 0 aromatic heterocycles. The summed E-state index contributed by atoms with van der Waals surface area (Å²) in [5.41, 5.74) is 0.832. The molecule has 2 aliphatic rings. The zero-order valence-electron chi connectivity index (χ0n) is 15.4. The summed E-state index contributed by atoms with van der Waals surface area (Å²) in [6, 6.07) is 10.9. The summed E-state index contributed by atoms with van der Waals surface area (Å²) in [5.74, 6) is -0.785. The Morgan fingerprint density at radius 3 is 2.31 bits per heavy atom. The largest absolute Gasteiger partial charge is 0.349 e. The molecule has 0 bridgehead atoms. The van der Waals surface area contributed by atoms with Crippen molar-refractivity contribution in [2.24, 2.45) is 0 Å². The number of carbonyl (C=O) groups is 2. The fourth-order valence-corrected chi connectivity index (χ4v) is 4.64. The fraction of sp³-hybridized carbons (Fsp3) is 0.300. The SMILES string of the molecule is O=C(Nc1ccccc1C(=O)NC1CC1)c1ccc(Cl)c(S(=O)(=O)NC2CC2)c1. The van der Waals surface area contributed by atoms with E-state index in [0.29, 0.717) is 11.3 Å². The number of amides is 2. The molecule has 0 heterocycles. The predicted octanol–water partition coefficient (Wildman–Crippen LogP) is 2.93. The Morgan fingerprint density at radius 1 is 0.931 bits per heavy atom. The first kappa shape index (κ1) is 19.9. The molecule has 0 radical (unpaired) electrons. The van der Waals surface area contributed by atoms with E-state index in [-0.39, 0.29) is 33.5 Å². The second kappa shape index (κ2) is 7.78. The van der Waals surface area contributed by atoms with Crippen LogP contribution in [0.4, 0.5) is 5.69 Å². The number of hydrogen-bond donors (Lipinski definition) is 3. The highest BCUT2D eigenvalue weighted by molar-refractivity contribution is 7.89. The Labute approximate surface area is 173 Å². The topological polar surface area (TPSA) is 104 Å². The Bertz CT molecular complexity index is 1080. The second-order valence-electron chi connectivity index (χ2n) is 7.29. The van der Waals surface area contributed by atoms with Gasteiger partial charge in [-0.15, -0.1) is 0 Å². The van der Waals surface area contributed by atoms with Gasteiger partial charge in [0, 0.05) is 17.6 Å². The minimum Gasteiger partial charge on any atom is -0.349 e. The van der Waals surface area contributed by atoms with Crippen molar-refractivity contribution in [1.82, 2.24) is 10.0 Å². The lowest BCUT2D eigenvalue weighted by atomic mass is 10.1. The van der Waals surface area contributed by atoms with E-state index in [9.17, 15) is 18.0 Å². The molecule has 3 N–H and O–H groups in total. The molecule has 0 unspecified atom stereocenters. The van der Waals surface area contributed by atoms with Gasteiger partial charge in [0.2, 0.25) is 10.0 Å². The maximum atomic E-state index is 12.7. The number of halogens is 1. The van der Waals surface area contributed by atoms with Crippen molar-refractivity contribution in [2.75, 3.05) is 5.32 Å². The van der Waals surface area contributed by atoms with Crippen LogP contribution in [-0.2, 0) is 10.0 Å². The molecule has 0 aliphatic heterocycles. The first-order chi connectivity index (χ1) is 13.8. The molecule has 2 aromatic carbocycles. The van der Waals surface area contributed by atoms with E-state index in [1.165, 1.54) is 18.2 Å². The number of carbonyl (C=O) groups excluding carboxylic acids is 2. The van der Waals surface area contributed by atoms with Gasteiger partial charge in [-0.2, -0.15) is 0 Å². The zero-order valence-corrected chi connectivity index (χ0v) is 17.0. The van der Waals surface area contributed by atoms with Crippen LogP contribution in [0, 0.1) is 0 Å². The standard InChI is InChI=1S/C20H20ClN3O4S/c21-16-10-5-12(11-18(16)29(27,28)24-14-8-9-14)19(25)23-17-4-2-1-3-15(17)20(26)22-13-6-7-13/h1-5,10-11,13-14,24H,6-9H2,(H,22,26)(H,23,25). The van der Waals surface area contributed by atoms with Crippen LogP contribution in [0.3, 0.4) is 0 Å². The quantitative estimate of drug-likeness (QED) is 0.624. The van der Waals surface area contributed by atoms with Crippen LogP contribution < -0.4 is 15.4 Å². The first-order valence-electron chi connectivity index (χ1n) is 9.36. The van der Waals surface area contributed by atoms with Crippen molar-refractivity contribution in [1.29, 1.82) is 0 Å². The highest BCUT2D eigenvalue weighted by Gasteiger charge is 2.30. The van der Waals surface area contributed by atoms with Gasteiger partial charge in [-0.05, 0) is 56.0 Å².